The molecule has 0 unspecified atom stereocenters. The Morgan fingerprint density at radius 1 is 1.29 bits per heavy atom. The third-order valence-corrected chi connectivity index (χ3v) is 4.31. The third-order valence-electron chi connectivity index (χ3n) is 3.20. The van der Waals surface area contributed by atoms with Gasteiger partial charge in [0.25, 0.3) is 0 Å². The third kappa shape index (κ3) is 2.59. The summed E-state index contributed by atoms with van der Waals surface area (Å²) < 4.78 is 16.7. The largest absolute Gasteiger partial charge is 0.330 e. The van der Waals surface area contributed by atoms with Gasteiger partial charge in [0.15, 0.2) is 4.77 Å². The second-order valence-corrected chi connectivity index (χ2v) is 6.10. The molecule has 3 aromatic rings. The van der Waals surface area contributed by atoms with Gasteiger partial charge in [-0.1, -0.05) is 12.1 Å². The van der Waals surface area contributed by atoms with Crippen molar-refractivity contribution in [2.45, 2.75) is 6.42 Å². The van der Waals surface area contributed by atoms with Crippen molar-refractivity contribution in [3.8, 4) is 11.8 Å². The summed E-state index contributed by atoms with van der Waals surface area (Å²) >= 11 is 7.29. The summed E-state index contributed by atoms with van der Waals surface area (Å²) in [6.07, 6.45) is 0.367. The number of benzene rings is 2. The van der Waals surface area contributed by atoms with Gasteiger partial charge in [-0.05, 0) is 58.6 Å². The standard InChI is InChI=1S/C15H9FIN3S/c16-11-7-14-13(8-12(11)17)19-15(21)20(14)10-3-1-9(2-4-10)5-6-18/h1-4,7-8H,5H2,(H,19,21). The fourth-order valence-corrected chi connectivity index (χ4v) is 2.99. The Kier molecular flexibility index (Phi) is 3.78. The average molecular weight is 409 g/mol. The molecule has 1 heterocycles. The first-order valence-electron chi connectivity index (χ1n) is 6.16. The average Bonchev–Trinajstić information content (AvgIpc) is 2.76. The van der Waals surface area contributed by atoms with Gasteiger partial charge in [-0.25, -0.2) is 4.39 Å². The summed E-state index contributed by atoms with van der Waals surface area (Å²) in [6, 6.07) is 12.8. The summed E-state index contributed by atoms with van der Waals surface area (Å²) in [5, 5.41) is 8.70. The molecular weight excluding hydrogens is 400 g/mol. The lowest BCUT2D eigenvalue weighted by Gasteiger charge is -2.06. The monoisotopic (exact) mass is 409 g/mol. The number of aromatic amines is 1. The summed E-state index contributed by atoms with van der Waals surface area (Å²) in [5.74, 6) is -0.271. The van der Waals surface area contributed by atoms with Gasteiger partial charge in [-0.2, -0.15) is 5.26 Å². The highest BCUT2D eigenvalue weighted by atomic mass is 127. The molecule has 0 radical (unpaired) electrons. The normalized spacial score (nSPS) is 10.7. The van der Waals surface area contributed by atoms with Crippen molar-refractivity contribution in [3.63, 3.8) is 0 Å². The molecule has 0 amide bonds. The highest BCUT2D eigenvalue weighted by molar-refractivity contribution is 14.1. The number of hydrogen-bond acceptors (Lipinski definition) is 2. The van der Waals surface area contributed by atoms with Crippen molar-refractivity contribution in [1.29, 1.82) is 5.26 Å². The Morgan fingerprint density at radius 3 is 2.67 bits per heavy atom. The zero-order chi connectivity index (χ0) is 15.0. The summed E-state index contributed by atoms with van der Waals surface area (Å²) in [7, 11) is 0. The van der Waals surface area contributed by atoms with Gasteiger partial charge in [0, 0.05) is 11.8 Å². The number of imidazole rings is 1. The molecule has 0 aliphatic rings. The van der Waals surface area contributed by atoms with Crippen LogP contribution in [0.2, 0.25) is 0 Å². The van der Waals surface area contributed by atoms with Crippen LogP contribution in [-0.2, 0) is 6.42 Å². The second kappa shape index (κ2) is 5.58. The fourth-order valence-electron chi connectivity index (χ4n) is 2.21. The lowest BCUT2D eigenvalue weighted by atomic mass is 10.1. The molecule has 104 valence electrons. The lowest BCUT2D eigenvalue weighted by molar-refractivity contribution is 0.622. The van der Waals surface area contributed by atoms with E-state index in [1.54, 1.807) is 10.6 Å². The highest BCUT2D eigenvalue weighted by Crippen LogP contribution is 2.24. The maximum absolute atomic E-state index is 13.8. The second-order valence-electron chi connectivity index (χ2n) is 4.55. The minimum atomic E-state index is -0.271. The first kappa shape index (κ1) is 14.2. The molecule has 0 saturated heterocycles. The van der Waals surface area contributed by atoms with E-state index in [1.807, 2.05) is 46.9 Å². The zero-order valence-electron chi connectivity index (χ0n) is 10.7. The highest BCUT2D eigenvalue weighted by Gasteiger charge is 2.10. The van der Waals surface area contributed by atoms with Crippen LogP contribution in [0.15, 0.2) is 36.4 Å². The predicted octanol–water partition coefficient (Wildman–Crippen LogP) is 4.50. The van der Waals surface area contributed by atoms with Gasteiger partial charge in [0.05, 0.1) is 27.1 Å². The predicted molar refractivity (Wildman–Crippen MR) is 90.5 cm³/mol. The smallest absolute Gasteiger partial charge is 0.182 e. The lowest BCUT2D eigenvalue weighted by Crippen LogP contribution is -1.95. The van der Waals surface area contributed by atoms with Crippen molar-refractivity contribution in [1.82, 2.24) is 9.55 Å². The van der Waals surface area contributed by atoms with Gasteiger partial charge in [0.1, 0.15) is 5.82 Å². The number of nitrogens with one attached hydrogen (secondary N) is 1. The van der Waals surface area contributed by atoms with E-state index in [1.165, 1.54) is 6.07 Å². The van der Waals surface area contributed by atoms with Crippen LogP contribution in [-0.4, -0.2) is 9.55 Å². The van der Waals surface area contributed by atoms with E-state index in [0.717, 1.165) is 16.8 Å². The number of rotatable bonds is 2. The van der Waals surface area contributed by atoms with Crippen molar-refractivity contribution in [2.24, 2.45) is 0 Å². The molecule has 0 fully saturated rings. The Morgan fingerprint density at radius 2 is 2.00 bits per heavy atom. The fraction of sp³-hybridized carbons (Fsp3) is 0.0667. The molecule has 3 nitrogen and oxygen atoms in total. The molecule has 0 atom stereocenters. The van der Waals surface area contributed by atoms with Gasteiger partial charge in [-0.15, -0.1) is 0 Å². The molecule has 0 saturated carbocycles. The van der Waals surface area contributed by atoms with Crippen molar-refractivity contribution < 1.29 is 4.39 Å². The van der Waals surface area contributed by atoms with Gasteiger partial charge < -0.3 is 4.98 Å². The van der Waals surface area contributed by atoms with Crippen LogP contribution in [0.3, 0.4) is 0 Å². The number of H-pyrrole nitrogens is 1. The van der Waals surface area contributed by atoms with Crippen molar-refractivity contribution >= 4 is 45.8 Å². The molecule has 0 bridgehead atoms. The molecule has 0 aliphatic heterocycles. The first-order chi connectivity index (χ1) is 10.1. The SMILES string of the molecule is N#CCc1ccc(-n2c(=S)[nH]c3cc(I)c(F)cc32)cc1. The van der Waals surface area contributed by atoms with Crippen LogP contribution in [0.25, 0.3) is 16.7 Å². The Bertz CT molecular complexity index is 919. The first-order valence-corrected chi connectivity index (χ1v) is 7.65. The van der Waals surface area contributed by atoms with E-state index in [9.17, 15) is 4.39 Å². The van der Waals surface area contributed by atoms with E-state index >= 15 is 0 Å². The molecule has 0 aliphatic carbocycles. The molecule has 1 N–H and O–H groups in total. The molecule has 0 spiro atoms. The van der Waals surface area contributed by atoms with E-state index in [2.05, 4.69) is 11.1 Å². The number of fused-ring (bicyclic) bond motifs is 1. The van der Waals surface area contributed by atoms with E-state index in [-0.39, 0.29) is 5.82 Å². The zero-order valence-corrected chi connectivity index (χ0v) is 13.7. The van der Waals surface area contributed by atoms with Gasteiger partial charge >= 0.3 is 0 Å². The van der Waals surface area contributed by atoms with Crippen molar-refractivity contribution in [3.05, 3.63) is 56.1 Å². The number of hydrogen-bond donors (Lipinski definition) is 1. The molecule has 1 aromatic heterocycles. The van der Waals surface area contributed by atoms with Crippen molar-refractivity contribution in [2.75, 3.05) is 0 Å². The maximum atomic E-state index is 13.8. The Hall–Kier alpha value is -1.72. The van der Waals surface area contributed by atoms with E-state index in [4.69, 9.17) is 17.5 Å². The number of aromatic nitrogens is 2. The van der Waals surface area contributed by atoms with Crippen LogP contribution in [0.4, 0.5) is 4.39 Å². The Labute approximate surface area is 139 Å². The van der Waals surface area contributed by atoms with Gasteiger partial charge in [0.2, 0.25) is 0 Å². The minimum absolute atomic E-state index is 0.271. The van der Waals surface area contributed by atoms with Crippen LogP contribution >= 0.6 is 34.8 Å². The maximum Gasteiger partial charge on any atom is 0.182 e. The van der Waals surface area contributed by atoms with Crippen LogP contribution in [0.1, 0.15) is 5.56 Å². The van der Waals surface area contributed by atoms with Gasteiger partial charge in [-0.3, -0.25) is 4.57 Å². The van der Waals surface area contributed by atoms with Crippen LogP contribution in [0.5, 0.6) is 0 Å². The number of nitrogens with zero attached hydrogens (tertiary/aromatic N) is 2. The molecule has 21 heavy (non-hydrogen) atoms. The topological polar surface area (TPSA) is 44.5 Å². The van der Waals surface area contributed by atoms with Crippen LogP contribution < -0.4 is 0 Å². The number of halogens is 2. The Balaban J connectivity index is 2.20. The van der Waals surface area contributed by atoms with E-state index < -0.39 is 0 Å². The number of nitriles is 1. The van der Waals surface area contributed by atoms with Crippen LogP contribution in [0, 0.1) is 25.5 Å². The van der Waals surface area contributed by atoms with E-state index in [0.29, 0.717) is 20.3 Å². The quantitative estimate of drug-likeness (QED) is 0.501. The minimum Gasteiger partial charge on any atom is -0.330 e. The summed E-state index contributed by atoms with van der Waals surface area (Å²) in [5.41, 5.74) is 3.28. The molecule has 6 heteroatoms. The molecule has 2 aromatic carbocycles. The summed E-state index contributed by atoms with van der Waals surface area (Å²) in [4.78, 5) is 3.09. The summed E-state index contributed by atoms with van der Waals surface area (Å²) in [6.45, 7) is 0. The molecule has 3 rings (SSSR count). The molecular formula is C15H9FIN3S.